The van der Waals surface area contributed by atoms with Gasteiger partial charge in [0.15, 0.2) is 0 Å². The number of amides is 2. The fraction of sp³-hybridized carbons (Fsp3) is 0.364. The van der Waals surface area contributed by atoms with Crippen molar-refractivity contribution in [2.75, 3.05) is 18.4 Å². The summed E-state index contributed by atoms with van der Waals surface area (Å²) in [5, 5.41) is 2.97. The molecule has 0 aliphatic carbocycles. The largest absolute Gasteiger partial charge is 0.333 e. The van der Waals surface area contributed by atoms with Crippen molar-refractivity contribution in [3.05, 3.63) is 65.7 Å². The van der Waals surface area contributed by atoms with Gasteiger partial charge in [0.05, 0.1) is 6.54 Å². The summed E-state index contributed by atoms with van der Waals surface area (Å²) < 4.78 is 0. The van der Waals surface area contributed by atoms with E-state index in [-0.39, 0.29) is 23.8 Å². The van der Waals surface area contributed by atoms with E-state index in [4.69, 9.17) is 0 Å². The number of nitrogens with one attached hydrogen (secondary N) is 1. The van der Waals surface area contributed by atoms with Crippen molar-refractivity contribution in [3.63, 3.8) is 0 Å². The first kappa shape index (κ1) is 19.7. The standard InChI is InChI=1S/C22H28N2O2/c1-17(25)24(15-14-18-10-6-5-7-11-18)16-21(26)23-20-13-9-8-12-19(20)22(2,3)4/h5-13H,14-16H2,1-4H3,(H,23,26). The Kier molecular flexibility index (Phi) is 6.56. The van der Waals surface area contributed by atoms with E-state index >= 15 is 0 Å². The van der Waals surface area contributed by atoms with Crippen LogP contribution in [0.1, 0.15) is 38.8 Å². The van der Waals surface area contributed by atoms with Crippen LogP contribution in [0, 0.1) is 0 Å². The highest BCUT2D eigenvalue weighted by Gasteiger charge is 2.20. The Morgan fingerprint density at radius 1 is 0.962 bits per heavy atom. The maximum atomic E-state index is 12.5. The zero-order valence-electron chi connectivity index (χ0n) is 16.1. The van der Waals surface area contributed by atoms with Gasteiger partial charge >= 0.3 is 0 Å². The minimum absolute atomic E-state index is 0.0562. The smallest absolute Gasteiger partial charge is 0.244 e. The topological polar surface area (TPSA) is 49.4 Å². The first-order valence-electron chi connectivity index (χ1n) is 8.96. The molecule has 0 bridgehead atoms. The van der Waals surface area contributed by atoms with Gasteiger partial charge in [-0.3, -0.25) is 9.59 Å². The lowest BCUT2D eigenvalue weighted by molar-refractivity contribution is -0.132. The average molecular weight is 352 g/mol. The van der Waals surface area contributed by atoms with Gasteiger partial charge in [0.2, 0.25) is 11.8 Å². The Hall–Kier alpha value is -2.62. The van der Waals surface area contributed by atoms with E-state index in [0.717, 1.165) is 23.2 Å². The molecule has 2 rings (SSSR count). The van der Waals surface area contributed by atoms with Gasteiger partial charge in [0.1, 0.15) is 0 Å². The molecule has 4 nitrogen and oxygen atoms in total. The lowest BCUT2D eigenvalue weighted by Crippen LogP contribution is -2.38. The first-order chi connectivity index (χ1) is 12.3. The van der Waals surface area contributed by atoms with Gasteiger partial charge in [-0.1, -0.05) is 69.3 Å². The molecule has 26 heavy (non-hydrogen) atoms. The van der Waals surface area contributed by atoms with Crippen LogP contribution in [0.5, 0.6) is 0 Å². The molecule has 0 radical (unpaired) electrons. The van der Waals surface area contributed by atoms with Crippen molar-refractivity contribution in [2.24, 2.45) is 0 Å². The number of hydrogen-bond donors (Lipinski definition) is 1. The Morgan fingerprint density at radius 2 is 1.58 bits per heavy atom. The molecule has 0 unspecified atom stereocenters. The van der Waals surface area contributed by atoms with Gasteiger partial charge in [0, 0.05) is 19.2 Å². The Bertz CT molecular complexity index is 748. The molecule has 1 N–H and O–H groups in total. The molecule has 2 amide bonds. The lowest BCUT2D eigenvalue weighted by Gasteiger charge is -2.24. The Morgan fingerprint density at radius 3 is 2.19 bits per heavy atom. The summed E-state index contributed by atoms with van der Waals surface area (Å²) in [5.41, 5.74) is 2.96. The lowest BCUT2D eigenvalue weighted by atomic mass is 9.86. The summed E-state index contributed by atoms with van der Waals surface area (Å²) in [5.74, 6) is -0.273. The number of benzene rings is 2. The Balaban J connectivity index is 2.01. The second kappa shape index (κ2) is 8.65. The quantitative estimate of drug-likeness (QED) is 0.854. The van der Waals surface area contributed by atoms with E-state index in [1.165, 1.54) is 6.92 Å². The van der Waals surface area contributed by atoms with Crippen molar-refractivity contribution >= 4 is 17.5 Å². The van der Waals surface area contributed by atoms with Crippen molar-refractivity contribution in [3.8, 4) is 0 Å². The molecule has 0 spiro atoms. The molecule has 2 aromatic rings. The maximum Gasteiger partial charge on any atom is 0.244 e. The van der Waals surface area contributed by atoms with E-state index in [1.807, 2.05) is 54.6 Å². The van der Waals surface area contributed by atoms with Crippen molar-refractivity contribution in [1.82, 2.24) is 4.90 Å². The van der Waals surface area contributed by atoms with Crippen LogP contribution < -0.4 is 5.32 Å². The summed E-state index contributed by atoms with van der Waals surface area (Å²) in [7, 11) is 0. The van der Waals surface area contributed by atoms with Crippen molar-refractivity contribution in [1.29, 1.82) is 0 Å². The number of anilines is 1. The molecule has 138 valence electrons. The third-order valence-electron chi connectivity index (χ3n) is 4.30. The fourth-order valence-corrected chi connectivity index (χ4v) is 2.87. The molecule has 0 aliphatic rings. The molecule has 0 aliphatic heterocycles. The number of rotatable bonds is 6. The predicted octanol–water partition coefficient (Wildman–Crippen LogP) is 4.01. The molecule has 0 heterocycles. The molecular formula is C22H28N2O2. The second-order valence-corrected chi connectivity index (χ2v) is 7.52. The summed E-state index contributed by atoms with van der Waals surface area (Å²) in [6.45, 7) is 8.41. The minimum atomic E-state index is -0.176. The minimum Gasteiger partial charge on any atom is -0.333 e. The van der Waals surface area contributed by atoms with Gasteiger partial charge in [-0.25, -0.2) is 0 Å². The van der Waals surface area contributed by atoms with Crippen LogP contribution in [-0.2, 0) is 21.4 Å². The first-order valence-corrected chi connectivity index (χ1v) is 8.96. The summed E-state index contributed by atoms with van der Waals surface area (Å²) in [6, 6.07) is 17.8. The van der Waals surface area contributed by atoms with Crippen LogP contribution in [0.25, 0.3) is 0 Å². The van der Waals surface area contributed by atoms with Crippen molar-refractivity contribution < 1.29 is 9.59 Å². The normalized spacial score (nSPS) is 11.1. The van der Waals surface area contributed by atoms with Crippen LogP contribution in [-0.4, -0.2) is 29.8 Å². The van der Waals surface area contributed by atoms with Gasteiger partial charge in [-0.05, 0) is 29.0 Å². The van der Waals surface area contributed by atoms with Crippen LogP contribution >= 0.6 is 0 Å². The summed E-state index contributed by atoms with van der Waals surface area (Å²) in [4.78, 5) is 26.0. The number of hydrogen-bond acceptors (Lipinski definition) is 2. The second-order valence-electron chi connectivity index (χ2n) is 7.52. The molecular weight excluding hydrogens is 324 g/mol. The molecule has 0 saturated heterocycles. The number of nitrogens with zero attached hydrogens (tertiary/aromatic N) is 1. The van der Waals surface area contributed by atoms with E-state index in [0.29, 0.717) is 6.54 Å². The molecule has 0 saturated carbocycles. The fourth-order valence-electron chi connectivity index (χ4n) is 2.87. The number of carbonyl (C=O) groups excluding carboxylic acids is 2. The third-order valence-corrected chi connectivity index (χ3v) is 4.30. The van der Waals surface area contributed by atoms with E-state index in [2.05, 4.69) is 26.1 Å². The zero-order chi connectivity index (χ0) is 19.2. The number of carbonyl (C=O) groups is 2. The van der Waals surface area contributed by atoms with Crippen LogP contribution in [0.2, 0.25) is 0 Å². The number of para-hydroxylation sites is 1. The summed E-state index contributed by atoms with van der Waals surface area (Å²) >= 11 is 0. The van der Waals surface area contributed by atoms with Crippen LogP contribution in [0.4, 0.5) is 5.69 Å². The average Bonchev–Trinajstić information content (AvgIpc) is 2.58. The van der Waals surface area contributed by atoms with Crippen molar-refractivity contribution in [2.45, 2.75) is 39.5 Å². The Labute approximate surface area is 156 Å². The SMILES string of the molecule is CC(=O)N(CCc1ccccc1)CC(=O)Nc1ccccc1C(C)(C)C. The summed E-state index contributed by atoms with van der Waals surface area (Å²) in [6.07, 6.45) is 0.728. The highest BCUT2D eigenvalue weighted by Crippen LogP contribution is 2.29. The zero-order valence-corrected chi connectivity index (χ0v) is 16.1. The molecule has 0 atom stereocenters. The highest BCUT2D eigenvalue weighted by atomic mass is 16.2. The monoisotopic (exact) mass is 352 g/mol. The van der Waals surface area contributed by atoms with Crippen LogP contribution in [0.15, 0.2) is 54.6 Å². The van der Waals surface area contributed by atoms with Gasteiger partial charge in [0.25, 0.3) is 0 Å². The highest BCUT2D eigenvalue weighted by molar-refractivity contribution is 5.95. The van der Waals surface area contributed by atoms with E-state index < -0.39 is 0 Å². The van der Waals surface area contributed by atoms with E-state index in [1.54, 1.807) is 4.90 Å². The maximum absolute atomic E-state index is 12.5. The molecule has 2 aromatic carbocycles. The molecule has 0 fully saturated rings. The van der Waals surface area contributed by atoms with E-state index in [9.17, 15) is 9.59 Å². The molecule has 0 aromatic heterocycles. The molecule has 4 heteroatoms. The predicted molar refractivity (Wildman–Crippen MR) is 106 cm³/mol. The van der Waals surface area contributed by atoms with Gasteiger partial charge in [-0.15, -0.1) is 0 Å². The van der Waals surface area contributed by atoms with Gasteiger partial charge < -0.3 is 10.2 Å². The third kappa shape index (κ3) is 5.73. The van der Waals surface area contributed by atoms with Gasteiger partial charge in [-0.2, -0.15) is 0 Å². The van der Waals surface area contributed by atoms with Crippen LogP contribution in [0.3, 0.4) is 0 Å².